The number of ether oxygens (including phenoxy) is 3. The first kappa shape index (κ1) is 36.1. The van der Waals surface area contributed by atoms with Gasteiger partial charge < -0.3 is 29.7 Å². The quantitative estimate of drug-likeness (QED) is 0.300. The summed E-state index contributed by atoms with van der Waals surface area (Å²) in [4.78, 5) is 55.2. The molecule has 2 aliphatic carbocycles. The van der Waals surface area contributed by atoms with Gasteiger partial charge in [0, 0.05) is 30.6 Å². The number of fused-ring (bicyclic) bond motifs is 3. The van der Waals surface area contributed by atoms with E-state index in [-0.39, 0.29) is 41.6 Å². The van der Waals surface area contributed by atoms with E-state index in [9.17, 15) is 23.6 Å². The summed E-state index contributed by atoms with van der Waals surface area (Å²) < 4.78 is 32.4. The Morgan fingerprint density at radius 1 is 1.02 bits per heavy atom. The average molecular weight is 697 g/mol. The number of hydrogen-bond donors (Lipinski definition) is 2. The number of anilines is 1. The number of methoxy groups -OCH3 is 1. The molecule has 0 bridgehead atoms. The molecular formula is C38H53FN4O7. The van der Waals surface area contributed by atoms with Crippen LogP contribution in [0.5, 0.6) is 0 Å². The topological polar surface area (TPSA) is 128 Å². The van der Waals surface area contributed by atoms with Crippen LogP contribution in [0.1, 0.15) is 103 Å². The Labute approximate surface area is 293 Å². The third kappa shape index (κ3) is 7.36. The average Bonchev–Trinajstić information content (AvgIpc) is 3.74. The van der Waals surface area contributed by atoms with Crippen LogP contribution in [0.2, 0.25) is 0 Å². The van der Waals surface area contributed by atoms with Crippen molar-refractivity contribution in [1.29, 1.82) is 0 Å². The minimum atomic E-state index is -0.806. The third-order valence-corrected chi connectivity index (χ3v) is 11.4. The first-order valence-corrected chi connectivity index (χ1v) is 18.3. The molecule has 274 valence electrons. The van der Waals surface area contributed by atoms with Gasteiger partial charge in [-0.1, -0.05) is 0 Å². The molecule has 50 heavy (non-hydrogen) atoms. The van der Waals surface area contributed by atoms with Gasteiger partial charge in [-0.3, -0.25) is 14.2 Å². The van der Waals surface area contributed by atoms with E-state index in [1.807, 2.05) is 41.5 Å². The molecule has 6 rings (SSSR count). The fourth-order valence-electron chi connectivity index (χ4n) is 8.95. The molecule has 3 heterocycles. The van der Waals surface area contributed by atoms with E-state index in [2.05, 4.69) is 10.6 Å². The van der Waals surface area contributed by atoms with Crippen molar-refractivity contribution < 1.29 is 37.8 Å². The maximum absolute atomic E-state index is 14.3. The zero-order valence-electron chi connectivity index (χ0n) is 30.3. The van der Waals surface area contributed by atoms with Crippen LogP contribution in [0.25, 0.3) is 10.9 Å². The number of benzene rings is 1. The van der Waals surface area contributed by atoms with Gasteiger partial charge in [-0.2, -0.15) is 0 Å². The summed E-state index contributed by atoms with van der Waals surface area (Å²) in [6.07, 6.45) is 6.45. The van der Waals surface area contributed by atoms with E-state index in [0.717, 1.165) is 43.0 Å². The number of alkyl halides is 1. The lowest BCUT2D eigenvalue weighted by atomic mass is 9.75. The van der Waals surface area contributed by atoms with Gasteiger partial charge in [0.05, 0.1) is 17.7 Å². The van der Waals surface area contributed by atoms with Crippen molar-refractivity contribution in [2.75, 3.05) is 25.6 Å². The highest BCUT2D eigenvalue weighted by molar-refractivity contribution is 6.02. The molecule has 1 aromatic heterocycles. The molecule has 2 N–H and O–H groups in total. The number of alkyl carbamates (subject to hydrolysis) is 1. The zero-order valence-corrected chi connectivity index (χ0v) is 30.3. The van der Waals surface area contributed by atoms with Gasteiger partial charge in [-0.25, -0.2) is 14.0 Å². The van der Waals surface area contributed by atoms with Crippen LogP contribution in [-0.4, -0.2) is 77.5 Å². The fourth-order valence-corrected chi connectivity index (χ4v) is 8.95. The number of esters is 1. The maximum atomic E-state index is 14.3. The number of carbonyl (C=O) groups is 4. The van der Waals surface area contributed by atoms with E-state index in [4.69, 9.17) is 14.2 Å². The van der Waals surface area contributed by atoms with Gasteiger partial charge in [0.15, 0.2) is 5.72 Å². The van der Waals surface area contributed by atoms with Crippen LogP contribution < -0.4 is 10.6 Å². The largest absolute Gasteiger partial charge is 0.444 e. The number of hydrogen-bond acceptors (Lipinski definition) is 7. The molecule has 3 atom stereocenters. The number of halogens is 1. The highest BCUT2D eigenvalue weighted by Crippen LogP contribution is 2.42. The van der Waals surface area contributed by atoms with Crippen molar-refractivity contribution in [1.82, 2.24) is 14.8 Å². The Kier molecular flexibility index (Phi) is 10.2. The van der Waals surface area contributed by atoms with Crippen molar-refractivity contribution >= 4 is 40.5 Å². The van der Waals surface area contributed by atoms with Crippen LogP contribution in [0.4, 0.5) is 14.9 Å². The SMILES string of the molecule is COC1CCC([C@@H]2CCN(C(=O)C3CCC([C@@H](CF)NC(=O)OC(C)(C)C)CC3)[C@@H]2C(=O)Nc2ccc3c(c2)cc2n3C(C)(C)OC2=O)CC1. The summed E-state index contributed by atoms with van der Waals surface area (Å²) in [5, 5.41) is 6.65. The Bertz CT molecular complexity index is 1600. The van der Waals surface area contributed by atoms with Crippen molar-refractivity contribution in [2.45, 2.75) is 122 Å². The van der Waals surface area contributed by atoms with Gasteiger partial charge in [-0.05, 0) is 134 Å². The molecule has 4 aliphatic rings. The van der Waals surface area contributed by atoms with Gasteiger partial charge in [0.1, 0.15) is 24.0 Å². The fraction of sp³-hybridized carbons (Fsp3) is 0.684. The molecule has 0 radical (unpaired) electrons. The molecule has 0 unspecified atom stereocenters. The van der Waals surface area contributed by atoms with Crippen LogP contribution >= 0.6 is 0 Å². The molecule has 3 fully saturated rings. The predicted octanol–water partition coefficient (Wildman–Crippen LogP) is 6.53. The molecule has 2 saturated carbocycles. The molecule has 2 aromatic rings. The van der Waals surface area contributed by atoms with Gasteiger partial charge in [0.2, 0.25) is 11.8 Å². The summed E-state index contributed by atoms with van der Waals surface area (Å²) >= 11 is 0. The molecule has 1 aromatic carbocycles. The van der Waals surface area contributed by atoms with Crippen molar-refractivity contribution in [2.24, 2.45) is 23.7 Å². The highest BCUT2D eigenvalue weighted by atomic mass is 19.1. The highest BCUT2D eigenvalue weighted by Gasteiger charge is 2.48. The van der Waals surface area contributed by atoms with Gasteiger partial charge in [-0.15, -0.1) is 0 Å². The van der Waals surface area contributed by atoms with E-state index >= 15 is 0 Å². The minimum absolute atomic E-state index is 0.0198. The summed E-state index contributed by atoms with van der Waals surface area (Å²) in [5.74, 6) is -0.635. The second-order valence-corrected chi connectivity index (χ2v) is 16.2. The summed E-state index contributed by atoms with van der Waals surface area (Å²) in [5.41, 5.74) is 0.428. The number of nitrogens with one attached hydrogen (secondary N) is 2. The molecule has 2 aliphatic heterocycles. The Balaban J connectivity index is 1.17. The Morgan fingerprint density at radius 2 is 1.72 bits per heavy atom. The van der Waals surface area contributed by atoms with Crippen LogP contribution in [0.3, 0.4) is 0 Å². The standard InChI is InChI=1S/C38H53FN4O7/c1-37(2,3)50-36(47)41-29(21-39)23-7-9-24(10-8-23)34(45)42-18-17-28(22-11-14-27(48-6)15-12-22)32(42)33(44)40-26-13-16-30-25(19-26)20-31-35(46)49-38(4,5)43(30)31/h13,16,19-20,22-24,27-29,32H,7-12,14-15,17-18,21H2,1-6H3,(H,40,44)(H,41,47)/t22?,23?,24?,27?,28-,29+,32-/m0/s1. The lowest BCUT2D eigenvalue weighted by Crippen LogP contribution is -2.50. The maximum Gasteiger partial charge on any atom is 0.407 e. The van der Waals surface area contributed by atoms with Crippen molar-refractivity contribution in [3.8, 4) is 0 Å². The predicted molar refractivity (Wildman–Crippen MR) is 186 cm³/mol. The lowest BCUT2D eigenvalue weighted by molar-refractivity contribution is -0.142. The zero-order chi connectivity index (χ0) is 36.0. The third-order valence-electron chi connectivity index (χ3n) is 11.4. The minimum Gasteiger partial charge on any atom is -0.444 e. The number of nitrogens with zero attached hydrogens (tertiary/aromatic N) is 2. The summed E-state index contributed by atoms with van der Waals surface area (Å²) in [6.45, 7) is 8.79. The lowest BCUT2D eigenvalue weighted by Gasteiger charge is -2.38. The molecular weight excluding hydrogens is 643 g/mol. The van der Waals surface area contributed by atoms with E-state index in [1.54, 1.807) is 33.9 Å². The molecule has 0 spiro atoms. The van der Waals surface area contributed by atoms with E-state index in [1.165, 1.54) is 0 Å². The number of aromatic nitrogens is 1. The number of amides is 3. The van der Waals surface area contributed by atoms with E-state index < -0.39 is 36.2 Å². The van der Waals surface area contributed by atoms with Crippen molar-refractivity contribution in [3.05, 3.63) is 30.0 Å². The molecule has 11 nitrogen and oxygen atoms in total. The number of rotatable bonds is 8. The number of likely N-dealkylation sites (tertiary alicyclic amines) is 1. The monoisotopic (exact) mass is 696 g/mol. The Hall–Kier alpha value is -3.67. The van der Waals surface area contributed by atoms with Crippen LogP contribution in [0, 0.1) is 23.7 Å². The second-order valence-electron chi connectivity index (χ2n) is 16.2. The van der Waals surface area contributed by atoms with Crippen LogP contribution in [0.15, 0.2) is 24.3 Å². The summed E-state index contributed by atoms with van der Waals surface area (Å²) in [6, 6.07) is 6.10. The second kappa shape index (κ2) is 14.2. The molecule has 12 heteroatoms. The van der Waals surface area contributed by atoms with Crippen LogP contribution in [-0.2, 0) is 29.5 Å². The van der Waals surface area contributed by atoms with Crippen molar-refractivity contribution in [3.63, 3.8) is 0 Å². The van der Waals surface area contributed by atoms with Gasteiger partial charge in [0.25, 0.3) is 0 Å². The summed E-state index contributed by atoms with van der Waals surface area (Å²) in [7, 11) is 1.75. The van der Waals surface area contributed by atoms with Gasteiger partial charge >= 0.3 is 12.1 Å². The normalized spacial score (nSPS) is 28.5. The Morgan fingerprint density at radius 3 is 2.36 bits per heavy atom. The first-order chi connectivity index (χ1) is 23.7. The number of carbonyl (C=O) groups excluding carboxylic acids is 4. The first-order valence-electron chi connectivity index (χ1n) is 18.3. The molecule has 1 saturated heterocycles. The number of cyclic esters (lactones) is 1. The molecule has 3 amide bonds. The van der Waals surface area contributed by atoms with E-state index in [0.29, 0.717) is 49.5 Å². The smallest absolute Gasteiger partial charge is 0.407 e.